The van der Waals surface area contributed by atoms with Crippen LogP contribution >= 0.6 is 11.3 Å². The third-order valence-electron chi connectivity index (χ3n) is 3.19. The third kappa shape index (κ3) is 2.71. The van der Waals surface area contributed by atoms with Gasteiger partial charge in [0, 0.05) is 13.1 Å². The van der Waals surface area contributed by atoms with E-state index in [1.165, 1.54) is 30.0 Å². The van der Waals surface area contributed by atoms with Crippen molar-refractivity contribution in [3.05, 3.63) is 45.1 Å². The molecule has 0 aliphatic carbocycles. The Bertz CT molecular complexity index is 880. The average Bonchev–Trinajstić information content (AvgIpc) is 3.17. The highest BCUT2D eigenvalue weighted by Crippen LogP contribution is 2.26. The molecule has 0 bridgehead atoms. The number of aromatic nitrogens is 4. The molecule has 3 heterocycles. The highest BCUT2D eigenvalue weighted by Gasteiger charge is 2.29. The molecule has 3 aromatic rings. The second-order valence-electron chi connectivity index (χ2n) is 4.76. The van der Waals surface area contributed by atoms with E-state index in [4.69, 9.17) is 0 Å². The van der Waals surface area contributed by atoms with Gasteiger partial charge in [0.1, 0.15) is 5.69 Å². The summed E-state index contributed by atoms with van der Waals surface area (Å²) in [6.45, 7) is 1.48. The van der Waals surface area contributed by atoms with Gasteiger partial charge >= 0.3 is 5.69 Å². The summed E-state index contributed by atoms with van der Waals surface area (Å²) in [5, 5.41) is 26.3. The quantitative estimate of drug-likeness (QED) is 0.561. The third-order valence-corrected chi connectivity index (χ3v) is 4.10. The molecule has 0 saturated carbocycles. The predicted molar refractivity (Wildman–Crippen MR) is 84.5 cm³/mol. The van der Waals surface area contributed by atoms with Crippen molar-refractivity contribution in [1.82, 2.24) is 20.0 Å². The van der Waals surface area contributed by atoms with Crippen LogP contribution in [0.5, 0.6) is 0 Å². The molecule has 2 N–H and O–H groups in total. The maximum atomic E-state index is 12.3. The van der Waals surface area contributed by atoms with Crippen LogP contribution in [0.1, 0.15) is 16.2 Å². The van der Waals surface area contributed by atoms with Crippen LogP contribution in [0.15, 0.2) is 23.6 Å². The molecule has 9 nitrogen and oxygen atoms in total. The molecule has 0 aliphatic rings. The SMILES string of the molecule is Cc1nn(C)c(C(=O)Nc2cc(-c3cccs3)[nH]n2)c1[N+](=O)[O-]. The first-order valence-electron chi connectivity index (χ1n) is 6.56. The van der Waals surface area contributed by atoms with Crippen LogP contribution in [0.2, 0.25) is 0 Å². The molecule has 1 amide bonds. The normalized spacial score (nSPS) is 10.7. The lowest BCUT2D eigenvalue weighted by Gasteiger charge is -2.01. The number of anilines is 1. The number of H-pyrrole nitrogens is 1. The van der Waals surface area contributed by atoms with Gasteiger partial charge in [0.2, 0.25) is 5.69 Å². The van der Waals surface area contributed by atoms with Gasteiger partial charge in [-0.3, -0.25) is 24.7 Å². The fraction of sp³-hybridized carbons (Fsp3) is 0.154. The Balaban J connectivity index is 1.87. The second-order valence-corrected chi connectivity index (χ2v) is 5.71. The smallest absolute Gasteiger partial charge is 0.303 e. The molecular weight excluding hydrogens is 320 g/mol. The Morgan fingerprint density at radius 1 is 1.52 bits per heavy atom. The highest BCUT2D eigenvalue weighted by molar-refractivity contribution is 7.13. The van der Waals surface area contributed by atoms with Crippen molar-refractivity contribution in [3.63, 3.8) is 0 Å². The van der Waals surface area contributed by atoms with Gasteiger partial charge in [-0.25, -0.2) is 0 Å². The zero-order valence-electron chi connectivity index (χ0n) is 12.2. The van der Waals surface area contributed by atoms with E-state index in [1.807, 2.05) is 17.5 Å². The minimum Gasteiger partial charge on any atom is -0.303 e. The van der Waals surface area contributed by atoms with E-state index < -0.39 is 10.8 Å². The summed E-state index contributed by atoms with van der Waals surface area (Å²) < 4.78 is 1.19. The van der Waals surface area contributed by atoms with Gasteiger partial charge in [0.25, 0.3) is 5.91 Å². The zero-order valence-corrected chi connectivity index (χ0v) is 13.0. The van der Waals surface area contributed by atoms with Gasteiger partial charge in [-0.05, 0) is 18.4 Å². The lowest BCUT2D eigenvalue weighted by molar-refractivity contribution is -0.385. The van der Waals surface area contributed by atoms with E-state index in [9.17, 15) is 14.9 Å². The van der Waals surface area contributed by atoms with Crippen LogP contribution < -0.4 is 5.32 Å². The maximum Gasteiger partial charge on any atom is 0.322 e. The first kappa shape index (κ1) is 14.9. The number of aryl methyl sites for hydroxylation is 2. The number of nitrogens with one attached hydrogen (secondary N) is 2. The minimum atomic E-state index is -0.635. The topological polar surface area (TPSA) is 119 Å². The number of aromatic amines is 1. The molecule has 3 rings (SSSR count). The Morgan fingerprint density at radius 2 is 2.30 bits per heavy atom. The number of nitro groups is 1. The van der Waals surface area contributed by atoms with Crippen LogP contribution in [0.3, 0.4) is 0 Å². The van der Waals surface area contributed by atoms with E-state index >= 15 is 0 Å². The molecule has 118 valence electrons. The molecule has 0 spiro atoms. The summed E-state index contributed by atoms with van der Waals surface area (Å²) in [6.07, 6.45) is 0. The Morgan fingerprint density at radius 3 is 2.96 bits per heavy atom. The number of thiophene rings is 1. The van der Waals surface area contributed by atoms with E-state index in [0.717, 1.165) is 10.6 Å². The summed E-state index contributed by atoms with van der Waals surface area (Å²) in [5.74, 6) is -0.351. The number of nitrogens with zero attached hydrogens (tertiary/aromatic N) is 4. The number of amides is 1. The monoisotopic (exact) mass is 332 g/mol. The van der Waals surface area contributed by atoms with Crippen LogP contribution in [-0.4, -0.2) is 30.8 Å². The number of carbonyl (C=O) groups is 1. The summed E-state index contributed by atoms with van der Waals surface area (Å²) in [5.41, 5.74) is 0.516. The van der Waals surface area contributed by atoms with Crippen LogP contribution in [0.25, 0.3) is 10.6 Å². The summed E-state index contributed by atoms with van der Waals surface area (Å²) in [7, 11) is 1.48. The lowest BCUT2D eigenvalue weighted by atomic mass is 10.3. The first-order valence-corrected chi connectivity index (χ1v) is 7.44. The van der Waals surface area contributed by atoms with Crippen molar-refractivity contribution in [2.75, 3.05) is 5.32 Å². The standard InChI is InChI=1S/C13H12N6O3S/c1-7-11(19(21)22)12(18(2)17-7)13(20)14-10-6-8(15-16-10)9-4-3-5-23-9/h3-6H,1-2H3,(H2,14,15,16,20). The minimum absolute atomic E-state index is 0.117. The zero-order chi connectivity index (χ0) is 16.6. The second kappa shape index (κ2) is 5.65. The van der Waals surface area contributed by atoms with Crippen molar-refractivity contribution in [2.24, 2.45) is 7.05 Å². The fourth-order valence-electron chi connectivity index (χ4n) is 2.24. The van der Waals surface area contributed by atoms with Crippen LogP contribution in [0.4, 0.5) is 11.5 Å². The van der Waals surface area contributed by atoms with Gasteiger partial charge in [-0.2, -0.15) is 10.2 Å². The van der Waals surface area contributed by atoms with Gasteiger partial charge < -0.3 is 5.32 Å². The molecule has 0 saturated heterocycles. The number of hydrogen-bond acceptors (Lipinski definition) is 6. The molecule has 0 unspecified atom stereocenters. The molecule has 23 heavy (non-hydrogen) atoms. The van der Waals surface area contributed by atoms with Crippen molar-refractivity contribution < 1.29 is 9.72 Å². The van der Waals surface area contributed by atoms with Gasteiger partial charge in [0.15, 0.2) is 5.82 Å². The largest absolute Gasteiger partial charge is 0.322 e. The predicted octanol–water partition coefficient (Wildman–Crippen LogP) is 2.34. The maximum absolute atomic E-state index is 12.3. The Kier molecular flexibility index (Phi) is 3.66. The average molecular weight is 332 g/mol. The number of carbonyl (C=O) groups excluding carboxylic acids is 1. The van der Waals surface area contributed by atoms with Crippen molar-refractivity contribution in [2.45, 2.75) is 6.92 Å². The number of rotatable bonds is 4. The Hall–Kier alpha value is -3.01. The molecule has 0 atom stereocenters. The molecule has 0 fully saturated rings. The Labute approximate surface area is 134 Å². The fourth-order valence-corrected chi connectivity index (χ4v) is 2.93. The molecule has 0 aliphatic heterocycles. The summed E-state index contributed by atoms with van der Waals surface area (Å²) >= 11 is 1.53. The van der Waals surface area contributed by atoms with Crippen LogP contribution in [-0.2, 0) is 7.05 Å². The van der Waals surface area contributed by atoms with E-state index in [1.54, 1.807) is 6.07 Å². The first-order chi connectivity index (χ1) is 11.0. The molecule has 3 aromatic heterocycles. The van der Waals surface area contributed by atoms with E-state index in [0.29, 0.717) is 0 Å². The van der Waals surface area contributed by atoms with Gasteiger partial charge in [-0.1, -0.05) is 6.07 Å². The molecule has 0 radical (unpaired) electrons. The van der Waals surface area contributed by atoms with Crippen molar-refractivity contribution in [1.29, 1.82) is 0 Å². The van der Waals surface area contributed by atoms with Gasteiger partial charge in [-0.15, -0.1) is 11.3 Å². The van der Waals surface area contributed by atoms with Crippen molar-refractivity contribution >= 4 is 28.7 Å². The van der Waals surface area contributed by atoms with Crippen molar-refractivity contribution in [3.8, 4) is 10.6 Å². The molecule has 0 aromatic carbocycles. The van der Waals surface area contributed by atoms with Crippen LogP contribution in [0, 0.1) is 17.0 Å². The summed E-state index contributed by atoms with van der Waals surface area (Å²) in [4.78, 5) is 23.8. The van der Waals surface area contributed by atoms with E-state index in [-0.39, 0.29) is 22.9 Å². The summed E-state index contributed by atoms with van der Waals surface area (Å²) in [6, 6.07) is 5.48. The number of hydrogen-bond donors (Lipinski definition) is 2. The molecular formula is C13H12N6O3S. The highest BCUT2D eigenvalue weighted by atomic mass is 32.1. The van der Waals surface area contributed by atoms with E-state index in [2.05, 4.69) is 20.6 Å². The lowest BCUT2D eigenvalue weighted by Crippen LogP contribution is -2.17. The molecule has 10 heteroatoms. The van der Waals surface area contributed by atoms with Gasteiger partial charge in [0.05, 0.1) is 15.5 Å².